The third kappa shape index (κ3) is 4.00. The zero-order valence-corrected chi connectivity index (χ0v) is 15.0. The van der Waals surface area contributed by atoms with Gasteiger partial charge in [-0.2, -0.15) is 0 Å². The number of rotatable bonds is 4. The lowest BCUT2D eigenvalue weighted by Crippen LogP contribution is -2.44. The molecule has 1 aliphatic carbocycles. The van der Waals surface area contributed by atoms with Gasteiger partial charge in [0.15, 0.2) is 0 Å². The second-order valence-corrected chi connectivity index (χ2v) is 7.11. The third-order valence-corrected chi connectivity index (χ3v) is 5.01. The van der Waals surface area contributed by atoms with Crippen LogP contribution in [0.25, 0.3) is 0 Å². The third-order valence-electron chi connectivity index (χ3n) is 5.01. The molecule has 1 atom stereocenters. The number of benzene rings is 1. The van der Waals surface area contributed by atoms with Crippen molar-refractivity contribution in [2.45, 2.75) is 18.2 Å². The minimum absolute atomic E-state index is 0.150. The molecule has 1 aromatic carbocycles. The number of primary amides is 1. The van der Waals surface area contributed by atoms with E-state index in [0.717, 1.165) is 38.1 Å². The fraction of sp³-hybridized carbons (Fsp3) is 0.263. The van der Waals surface area contributed by atoms with Crippen LogP contribution in [-0.4, -0.2) is 32.6 Å². The summed E-state index contributed by atoms with van der Waals surface area (Å²) in [5.74, 6) is -1.87. The van der Waals surface area contributed by atoms with E-state index in [2.05, 4.69) is 10.6 Å². The summed E-state index contributed by atoms with van der Waals surface area (Å²) < 4.78 is 28.3. The number of carbonyl (C=O) groups is 1. The number of amides is 1. The fourth-order valence-electron chi connectivity index (χ4n) is 3.48. The van der Waals surface area contributed by atoms with Gasteiger partial charge in [-0.05, 0) is 61.1 Å². The van der Waals surface area contributed by atoms with Crippen molar-refractivity contribution < 1.29 is 13.6 Å². The Balaban J connectivity index is 1.80. The molecule has 8 heteroatoms. The van der Waals surface area contributed by atoms with Crippen molar-refractivity contribution in [1.29, 1.82) is 5.41 Å². The van der Waals surface area contributed by atoms with Crippen LogP contribution in [0.2, 0.25) is 0 Å². The number of halogens is 2. The molecular weight excluding hydrogens is 349 g/mol. The Morgan fingerprint density at radius 3 is 2.78 bits per heavy atom. The van der Waals surface area contributed by atoms with Crippen LogP contribution in [0, 0.1) is 11.2 Å². The average molecular weight is 370 g/mol. The molecule has 5 N–H and O–H groups in total. The molecule has 3 rings (SSSR count). The minimum atomic E-state index is -0.876. The molecule has 1 unspecified atom stereocenters. The van der Waals surface area contributed by atoms with Gasteiger partial charge in [0.2, 0.25) is 0 Å². The highest BCUT2D eigenvalue weighted by molar-refractivity contribution is 6.28. The maximum Gasteiger partial charge on any atom is 0.250 e. The van der Waals surface area contributed by atoms with E-state index in [1.165, 1.54) is 12.3 Å². The molecule has 1 saturated heterocycles. The van der Waals surface area contributed by atoms with Crippen LogP contribution in [-0.2, 0) is 10.1 Å². The quantitative estimate of drug-likeness (QED) is 0.608. The molecule has 0 bridgehead atoms. The number of anilines is 1. The van der Waals surface area contributed by atoms with E-state index < -0.39 is 11.7 Å². The van der Waals surface area contributed by atoms with Gasteiger partial charge in [0.25, 0.3) is 5.91 Å². The number of allylic oxidation sites excluding steroid dienone is 4. The van der Waals surface area contributed by atoms with Crippen molar-refractivity contribution in [3.05, 3.63) is 64.9 Å². The maximum absolute atomic E-state index is 14.7. The highest BCUT2D eigenvalue weighted by Crippen LogP contribution is 2.31. The van der Waals surface area contributed by atoms with Crippen LogP contribution < -0.4 is 16.4 Å². The first-order valence-electron chi connectivity index (χ1n) is 8.76. The molecule has 2 aliphatic rings. The molecule has 1 fully saturated rings. The lowest BCUT2D eigenvalue weighted by Gasteiger charge is -2.35. The van der Waals surface area contributed by atoms with Crippen LogP contribution in [0.15, 0.2) is 53.5 Å². The largest absolute Gasteiger partial charge is 0.366 e. The SMILES string of the molecule is BC1(c2ccc(N/C=C3/C=C(F)C=C(C(N)=O)C3=N)cc2F)CCCNC1. The predicted molar refractivity (Wildman–Crippen MR) is 105 cm³/mol. The Labute approximate surface area is 157 Å². The number of piperidine rings is 1. The van der Waals surface area contributed by atoms with Crippen molar-refractivity contribution >= 4 is 25.2 Å². The maximum atomic E-state index is 14.7. The van der Waals surface area contributed by atoms with Gasteiger partial charge in [-0.15, -0.1) is 0 Å². The van der Waals surface area contributed by atoms with Gasteiger partial charge in [0.1, 0.15) is 19.5 Å². The first kappa shape index (κ1) is 19.0. The summed E-state index contributed by atoms with van der Waals surface area (Å²) in [6.07, 6.45) is 5.31. The number of nitrogens with one attached hydrogen (secondary N) is 3. The van der Waals surface area contributed by atoms with Crippen LogP contribution in [0.5, 0.6) is 0 Å². The molecule has 140 valence electrons. The van der Waals surface area contributed by atoms with E-state index in [1.807, 2.05) is 7.85 Å². The van der Waals surface area contributed by atoms with Crippen molar-refractivity contribution in [1.82, 2.24) is 5.32 Å². The van der Waals surface area contributed by atoms with Gasteiger partial charge in [-0.25, -0.2) is 8.78 Å². The van der Waals surface area contributed by atoms with Crippen LogP contribution in [0.1, 0.15) is 18.4 Å². The first-order chi connectivity index (χ1) is 12.8. The minimum Gasteiger partial charge on any atom is -0.366 e. The second kappa shape index (κ2) is 7.48. The topological polar surface area (TPSA) is 91.0 Å². The summed E-state index contributed by atoms with van der Waals surface area (Å²) in [4.78, 5) is 11.3. The van der Waals surface area contributed by atoms with E-state index in [-0.39, 0.29) is 28.0 Å². The molecule has 1 heterocycles. The molecule has 1 aromatic rings. The Morgan fingerprint density at radius 1 is 1.37 bits per heavy atom. The molecule has 0 radical (unpaired) electrons. The molecule has 0 aromatic heterocycles. The predicted octanol–water partition coefficient (Wildman–Crippen LogP) is 1.63. The summed E-state index contributed by atoms with van der Waals surface area (Å²) in [7, 11) is 2.04. The summed E-state index contributed by atoms with van der Waals surface area (Å²) in [5.41, 5.74) is 6.04. The van der Waals surface area contributed by atoms with E-state index in [1.54, 1.807) is 12.1 Å². The molecule has 27 heavy (non-hydrogen) atoms. The van der Waals surface area contributed by atoms with Crippen molar-refractivity contribution in [2.75, 3.05) is 18.4 Å². The van der Waals surface area contributed by atoms with E-state index in [9.17, 15) is 13.6 Å². The lowest BCUT2D eigenvalue weighted by molar-refractivity contribution is -0.114. The number of hydrogen-bond donors (Lipinski definition) is 4. The first-order valence-corrected chi connectivity index (χ1v) is 8.76. The standard InChI is InChI=1S/C19H21BF2N4O/c20-19(4-1-5-25-10-19)15-3-2-13(8-16(15)22)26-9-11-6-12(21)7-14(17(11)23)18(24)27/h2-3,6-9,23,25-26H,1,4-5,10,20H2,(H2,24,27)/b11-9-,23-17?. The highest BCUT2D eigenvalue weighted by atomic mass is 19.1. The van der Waals surface area contributed by atoms with E-state index in [4.69, 9.17) is 11.1 Å². The van der Waals surface area contributed by atoms with Gasteiger partial charge < -0.3 is 16.4 Å². The number of hydrogen-bond acceptors (Lipinski definition) is 4. The molecular formula is C19H21BF2N4O. The molecule has 1 aliphatic heterocycles. The Morgan fingerprint density at radius 2 is 2.15 bits per heavy atom. The van der Waals surface area contributed by atoms with Gasteiger partial charge in [0, 0.05) is 17.5 Å². The van der Waals surface area contributed by atoms with Gasteiger partial charge in [-0.3, -0.25) is 10.2 Å². The fourth-order valence-corrected chi connectivity index (χ4v) is 3.48. The summed E-state index contributed by atoms with van der Waals surface area (Å²) >= 11 is 0. The summed E-state index contributed by atoms with van der Waals surface area (Å²) in [5, 5.41) is 13.9. The molecule has 1 amide bonds. The van der Waals surface area contributed by atoms with Crippen molar-refractivity contribution in [3.8, 4) is 0 Å². The normalized spacial score (nSPS) is 24.4. The van der Waals surface area contributed by atoms with Crippen LogP contribution >= 0.6 is 0 Å². The lowest BCUT2D eigenvalue weighted by atomic mass is 9.60. The average Bonchev–Trinajstić information content (AvgIpc) is 2.62. The van der Waals surface area contributed by atoms with E-state index in [0.29, 0.717) is 11.3 Å². The molecule has 5 nitrogen and oxygen atoms in total. The second-order valence-electron chi connectivity index (χ2n) is 7.11. The van der Waals surface area contributed by atoms with Crippen LogP contribution in [0.3, 0.4) is 0 Å². The van der Waals surface area contributed by atoms with Crippen molar-refractivity contribution in [2.24, 2.45) is 5.73 Å². The van der Waals surface area contributed by atoms with Crippen LogP contribution in [0.4, 0.5) is 14.5 Å². The van der Waals surface area contributed by atoms with E-state index >= 15 is 0 Å². The van der Waals surface area contributed by atoms with Gasteiger partial charge >= 0.3 is 0 Å². The number of carbonyl (C=O) groups excluding carboxylic acids is 1. The Bertz CT molecular complexity index is 886. The Hall–Kier alpha value is -2.74. The number of nitrogens with two attached hydrogens (primary N) is 1. The molecule has 0 spiro atoms. The van der Waals surface area contributed by atoms with Crippen molar-refractivity contribution in [3.63, 3.8) is 0 Å². The van der Waals surface area contributed by atoms with Gasteiger partial charge in [0.05, 0.1) is 11.3 Å². The van der Waals surface area contributed by atoms with Gasteiger partial charge in [-0.1, -0.05) is 6.07 Å². The molecule has 0 saturated carbocycles. The zero-order chi connectivity index (χ0) is 19.6. The summed E-state index contributed by atoms with van der Waals surface area (Å²) in [6, 6.07) is 4.87. The smallest absolute Gasteiger partial charge is 0.250 e. The zero-order valence-electron chi connectivity index (χ0n) is 15.0. The monoisotopic (exact) mass is 370 g/mol. The Kier molecular flexibility index (Phi) is 5.27. The summed E-state index contributed by atoms with van der Waals surface area (Å²) in [6.45, 7) is 1.67. The highest BCUT2D eigenvalue weighted by Gasteiger charge is 2.31.